The smallest absolute Gasteiger partial charge is 0.348 e. The second-order valence-electron chi connectivity index (χ2n) is 8.12. The van der Waals surface area contributed by atoms with E-state index in [4.69, 9.17) is 14.2 Å². The Morgan fingerprint density at radius 2 is 1.59 bits per heavy atom. The fourth-order valence-electron chi connectivity index (χ4n) is 3.50. The maximum Gasteiger partial charge on any atom is 0.348 e. The first kappa shape index (κ1) is 28.0. The number of aryl methyl sites for hydroxylation is 1. The van der Waals surface area contributed by atoms with Crippen LogP contribution in [0.5, 0.6) is 0 Å². The van der Waals surface area contributed by atoms with Gasteiger partial charge in [-0.15, -0.1) is 22.7 Å². The molecule has 0 saturated carbocycles. The first-order chi connectivity index (χ1) is 17.5. The molecule has 0 unspecified atom stereocenters. The van der Waals surface area contributed by atoms with Gasteiger partial charge in [-0.1, -0.05) is 0 Å². The number of hydrogen-bond acceptors (Lipinski definition) is 11. The highest BCUT2D eigenvalue weighted by Crippen LogP contribution is 2.34. The van der Waals surface area contributed by atoms with E-state index in [1.165, 1.54) is 6.33 Å². The molecule has 0 bridgehead atoms. The van der Waals surface area contributed by atoms with Crippen molar-refractivity contribution in [3.05, 3.63) is 43.1 Å². The zero-order valence-electron chi connectivity index (χ0n) is 21.3. The minimum Gasteiger partial charge on any atom is -0.462 e. The summed E-state index contributed by atoms with van der Waals surface area (Å²) in [4.78, 5) is 68.4. The van der Waals surface area contributed by atoms with Crippen LogP contribution in [0, 0.1) is 13.8 Å². The molecule has 13 heteroatoms. The van der Waals surface area contributed by atoms with Crippen LogP contribution in [-0.2, 0) is 25.5 Å². The van der Waals surface area contributed by atoms with Gasteiger partial charge in [0.1, 0.15) is 26.1 Å². The summed E-state index contributed by atoms with van der Waals surface area (Å²) in [6, 6.07) is 0. The Hall–Kier alpha value is -3.58. The molecular formula is C24H27N3O8S2. The number of thiophene rings is 2. The van der Waals surface area contributed by atoms with Crippen molar-refractivity contribution in [1.82, 2.24) is 9.55 Å². The summed E-state index contributed by atoms with van der Waals surface area (Å²) in [5.41, 5.74) is 0.298. The monoisotopic (exact) mass is 549 g/mol. The third-order valence-corrected chi connectivity index (χ3v) is 7.47. The maximum atomic E-state index is 13.1. The van der Waals surface area contributed by atoms with Crippen molar-refractivity contribution in [2.45, 2.75) is 54.2 Å². The largest absolute Gasteiger partial charge is 0.462 e. The van der Waals surface area contributed by atoms with E-state index >= 15 is 0 Å². The third-order valence-electron chi connectivity index (χ3n) is 5.10. The van der Waals surface area contributed by atoms with Gasteiger partial charge in [-0.05, 0) is 52.7 Å². The van der Waals surface area contributed by atoms with Crippen molar-refractivity contribution >= 4 is 61.7 Å². The van der Waals surface area contributed by atoms with Crippen LogP contribution in [0.1, 0.15) is 68.5 Å². The number of nitrogens with one attached hydrogen (secondary N) is 1. The molecule has 0 spiro atoms. The van der Waals surface area contributed by atoms with Gasteiger partial charge in [-0.25, -0.2) is 19.4 Å². The van der Waals surface area contributed by atoms with Gasteiger partial charge < -0.3 is 19.5 Å². The SMILES string of the molecule is CCOC(=O)c1sc(NC(=O)Cn2cnc3sc(C(=O)OC(C)C)c(C)c3c2=O)c(C(=O)OCC)c1C. The van der Waals surface area contributed by atoms with Gasteiger partial charge in [-0.3, -0.25) is 14.2 Å². The van der Waals surface area contributed by atoms with E-state index < -0.39 is 35.9 Å². The molecule has 0 radical (unpaired) electrons. The van der Waals surface area contributed by atoms with Crippen molar-refractivity contribution in [1.29, 1.82) is 0 Å². The van der Waals surface area contributed by atoms with Crippen LogP contribution in [0.4, 0.5) is 5.00 Å². The number of esters is 3. The summed E-state index contributed by atoms with van der Waals surface area (Å²) in [6.07, 6.45) is 0.892. The number of anilines is 1. The normalized spacial score (nSPS) is 11.0. The van der Waals surface area contributed by atoms with Crippen LogP contribution in [-0.4, -0.2) is 52.7 Å². The standard InChI is InChI=1S/C24H27N3O8S2/c1-7-33-22(30)16-13(6)17(23(31)34-8-2)37-20(16)26-14(28)9-27-10-25-19-15(21(27)29)12(5)18(36-19)24(32)35-11(3)4/h10-11H,7-9H2,1-6H3,(H,26,28). The molecule has 3 heterocycles. The van der Waals surface area contributed by atoms with Crippen molar-refractivity contribution in [2.24, 2.45) is 0 Å². The minimum absolute atomic E-state index is 0.0474. The lowest BCUT2D eigenvalue weighted by Crippen LogP contribution is -2.28. The summed E-state index contributed by atoms with van der Waals surface area (Å²) in [6.45, 7) is 9.76. The molecule has 0 fully saturated rings. The number of fused-ring (bicyclic) bond motifs is 1. The Morgan fingerprint density at radius 3 is 2.22 bits per heavy atom. The summed E-state index contributed by atoms with van der Waals surface area (Å²) in [5, 5.41) is 2.93. The van der Waals surface area contributed by atoms with Crippen molar-refractivity contribution in [2.75, 3.05) is 18.5 Å². The molecule has 11 nitrogen and oxygen atoms in total. The second-order valence-corrected chi connectivity index (χ2v) is 10.1. The number of amides is 1. The molecule has 0 atom stereocenters. The molecular weight excluding hydrogens is 522 g/mol. The predicted molar refractivity (Wildman–Crippen MR) is 139 cm³/mol. The summed E-state index contributed by atoms with van der Waals surface area (Å²) >= 11 is 1.93. The molecule has 0 aliphatic carbocycles. The zero-order chi connectivity index (χ0) is 27.4. The lowest BCUT2D eigenvalue weighted by atomic mass is 10.1. The Morgan fingerprint density at radius 1 is 0.973 bits per heavy atom. The predicted octanol–water partition coefficient (Wildman–Crippen LogP) is 3.69. The summed E-state index contributed by atoms with van der Waals surface area (Å²) in [7, 11) is 0. The first-order valence-corrected chi connectivity index (χ1v) is 13.1. The summed E-state index contributed by atoms with van der Waals surface area (Å²) in [5.74, 6) is -2.49. The molecule has 1 N–H and O–H groups in total. The quantitative estimate of drug-likeness (QED) is 0.312. The lowest BCUT2D eigenvalue weighted by molar-refractivity contribution is -0.116. The Balaban J connectivity index is 1.92. The molecule has 0 aliphatic rings. The van der Waals surface area contributed by atoms with E-state index in [0.717, 1.165) is 27.2 Å². The van der Waals surface area contributed by atoms with Crippen LogP contribution in [0.3, 0.4) is 0 Å². The minimum atomic E-state index is -0.697. The molecule has 0 aliphatic heterocycles. The molecule has 0 aromatic carbocycles. The highest BCUT2D eigenvalue weighted by molar-refractivity contribution is 7.20. The fourth-order valence-corrected chi connectivity index (χ4v) is 5.62. The van der Waals surface area contributed by atoms with E-state index in [9.17, 15) is 24.0 Å². The van der Waals surface area contributed by atoms with E-state index in [1.54, 1.807) is 41.5 Å². The third kappa shape index (κ3) is 5.88. The van der Waals surface area contributed by atoms with Gasteiger partial charge >= 0.3 is 17.9 Å². The Kier molecular flexibility index (Phi) is 8.81. The van der Waals surface area contributed by atoms with E-state index in [0.29, 0.717) is 16.0 Å². The highest BCUT2D eigenvalue weighted by atomic mass is 32.1. The van der Waals surface area contributed by atoms with Crippen LogP contribution >= 0.6 is 22.7 Å². The number of rotatable bonds is 9. The average Bonchev–Trinajstić information content (AvgIpc) is 3.32. The topological polar surface area (TPSA) is 143 Å². The van der Waals surface area contributed by atoms with E-state index in [1.807, 2.05) is 0 Å². The zero-order valence-corrected chi connectivity index (χ0v) is 22.9. The second kappa shape index (κ2) is 11.6. The summed E-state index contributed by atoms with van der Waals surface area (Å²) < 4.78 is 16.5. The Labute approximate surface area is 220 Å². The number of ether oxygens (including phenoxy) is 3. The molecule has 37 heavy (non-hydrogen) atoms. The van der Waals surface area contributed by atoms with Crippen LogP contribution in [0.15, 0.2) is 11.1 Å². The number of nitrogens with zero attached hydrogens (tertiary/aromatic N) is 2. The fraction of sp³-hybridized carbons (Fsp3) is 0.417. The first-order valence-electron chi connectivity index (χ1n) is 11.5. The number of carbonyl (C=O) groups is 4. The van der Waals surface area contributed by atoms with Crippen molar-refractivity contribution < 1.29 is 33.4 Å². The Bertz CT molecular complexity index is 1430. The molecule has 3 aromatic rings. The molecule has 198 valence electrons. The number of aromatic nitrogens is 2. The molecule has 1 amide bonds. The van der Waals surface area contributed by atoms with Crippen LogP contribution in [0.25, 0.3) is 10.2 Å². The molecule has 3 aromatic heterocycles. The molecule has 3 rings (SSSR count). The van der Waals surface area contributed by atoms with Crippen molar-refractivity contribution in [3.63, 3.8) is 0 Å². The van der Waals surface area contributed by atoms with Crippen LogP contribution in [0.2, 0.25) is 0 Å². The maximum absolute atomic E-state index is 13.1. The lowest BCUT2D eigenvalue weighted by Gasteiger charge is -2.08. The van der Waals surface area contributed by atoms with Crippen LogP contribution < -0.4 is 10.9 Å². The van der Waals surface area contributed by atoms with Crippen molar-refractivity contribution in [3.8, 4) is 0 Å². The van der Waals surface area contributed by atoms with Gasteiger partial charge in [0.25, 0.3) is 5.56 Å². The highest BCUT2D eigenvalue weighted by Gasteiger charge is 2.28. The molecule has 0 saturated heterocycles. The number of carbonyl (C=O) groups excluding carboxylic acids is 4. The number of hydrogen-bond donors (Lipinski definition) is 1. The van der Waals surface area contributed by atoms with Gasteiger partial charge in [0.05, 0.1) is 36.6 Å². The van der Waals surface area contributed by atoms with Gasteiger partial charge in [0.15, 0.2) is 0 Å². The van der Waals surface area contributed by atoms with E-state index in [2.05, 4.69) is 10.3 Å². The average molecular weight is 550 g/mol. The van der Waals surface area contributed by atoms with Gasteiger partial charge in [0.2, 0.25) is 5.91 Å². The van der Waals surface area contributed by atoms with Gasteiger partial charge in [0, 0.05) is 0 Å². The van der Waals surface area contributed by atoms with Gasteiger partial charge in [-0.2, -0.15) is 0 Å². The van der Waals surface area contributed by atoms with E-state index in [-0.39, 0.29) is 45.0 Å².